The predicted octanol–water partition coefficient (Wildman–Crippen LogP) is 2.26. The summed E-state index contributed by atoms with van der Waals surface area (Å²) in [5, 5.41) is 0. The van der Waals surface area contributed by atoms with Crippen LogP contribution in [0.1, 0.15) is 12.5 Å². The van der Waals surface area contributed by atoms with Crippen molar-refractivity contribution < 1.29 is 4.74 Å². The number of halogens is 1. The molecule has 76 valence electrons. The molecule has 1 aromatic rings. The van der Waals surface area contributed by atoms with Crippen molar-refractivity contribution in [3.63, 3.8) is 0 Å². The quantitative estimate of drug-likeness (QED) is 0.841. The Morgan fingerprint density at radius 3 is 3.07 bits per heavy atom. The van der Waals surface area contributed by atoms with Crippen LogP contribution >= 0.6 is 15.9 Å². The Bertz CT molecular complexity index is 326. The molecule has 2 N–H and O–H groups in total. The van der Waals surface area contributed by atoms with Crippen LogP contribution in [0.15, 0.2) is 28.9 Å². The maximum Gasteiger partial charge on any atom is 0.218 e. The Morgan fingerprint density at radius 1 is 1.64 bits per heavy atom. The molecule has 4 heteroatoms. The summed E-state index contributed by atoms with van der Waals surface area (Å²) in [5.74, 6) is 0.605. The first-order valence-electron chi connectivity index (χ1n) is 4.36. The van der Waals surface area contributed by atoms with Crippen molar-refractivity contribution in [2.75, 3.05) is 6.61 Å². The second-order valence-electron chi connectivity index (χ2n) is 2.70. The lowest BCUT2D eigenvalue weighted by atomic mass is 10.3. The molecule has 0 amide bonds. The maximum absolute atomic E-state index is 5.56. The van der Waals surface area contributed by atoms with Crippen LogP contribution in [-0.2, 0) is 6.54 Å². The van der Waals surface area contributed by atoms with Gasteiger partial charge in [0.25, 0.3) is 0 Å². The van der Waals surface area contributed by atoms with E-state index in [1.807, 2.05) is 25.1 Å². The third-order valence-corrected chi connectivity index (χ3v) is 2.10. The van der Waals surface area contributed by atoms with Crippen molar-refractivity contribution in [1.29, 1.82) is 0 Å². The molecule has 3 nitrogen and oxygen atoms in total. The van der Waals surface area contributed by atoms with E-state index in [0.29, 0.717) is 19.0 Å². The lowest BCUT2D eigenvalue weighted by Crippen LogP contribution is -2.04. The molecular formula is C10H13BrN2O. The predicted molar refractivity (Wildman–Crippen MR) is 60.1 cm³/mol. The zero-order valence-corrected chi connectivity index (χ0v) is 9.62. The Morgan fingerprint density at radius 2 is 2.43 bits per heavy atom. The monoisotopic (exact) mass is 256 g/mol. The molecule has 0 saturated heterocycles. The molecule has 0 aromatic carbocycles. The van der Waals surface area contributed by atoms with Crippen molar-refractivity contribution in [2.45, 2.75) is 13.5 Å². The van der Waals surface area contributed by atoms with E-state index in [0.717, 1.165) is 10.0 Å². The fraction of sp³-hybridized carbons (Fsp3) is 0.300. The van der Waals surface area contributed by atoms with Gasteiger partial charge < -0.3 is 10.5 Å². The molecule has 0 aliphatic rings. The van der Waals surface area contributed by atoms with Crippen molar-refractivity contribution in [3.8, 4) is 5.88 Å². The summed E-state index contributed by atoms with van der Waals surface area (Å²) >= 11 is 3.33. The summed E-state index contributed by atoms with van der Waals surface area (Å²) < 4.78 is 6.34. The lowest BCUT2D eigenvalue weighted by molar-refractivity contribution is 0.344. The van der Waals surface area contributed by atoms with Gasteiger partial charge in [-0.25, -0.2) is 4.98 Å². The van der Waals surface area contributed by atoms with Crippen molar-refractivity contribution in [3.05, 3.63) is 34.5 Å². The first-order valence-corrected chi connectivity index (χ1v) is 5.15. The Balaban J connectivity index is 2.74. The highest BCUT2D eigenvalue weighted by molar-refractivity contribution is 9.10. The molecule has 0 saturated carbocycles. The number of nitrogens with two attached hydrogens (primary N) is 1. The van der Waals surface area contributed by atoms with E-state index in [1.54, 1.807) is 6.20 Å². The summed E-state index contributed by atoms with van der Waals surface area (Å²) in [6, 6.07) is 1.91. The van der Waals surface area contributed by atoms with Crippen LogP contribution in [0.2, 0.25) is 0 Å². The third-order valence-electron chi connectivity index (χ3n) is 1.66. The molecule has 0 fully saturated rings. The molecule has 0 atom stereocenters. The van der Waals surface area contributed by atoms with E-state index in [2.05, 4.69) is 20.9 Å². The van der Waals surface area contributed by atoms with Gasteiger partial charge >= 0.3 is 0 Å². The molecule has 0 unspecified atom stereocenters. The SMILES string of the molecule is CC=CCOc1ncc(Br)cc1CN. The van der Waals surface area contributed by atoms with E-state index in [-0.39, 0.29) is 0 Å². The Hall–Kier alpha value is -0.870. The number of nitrogens with zero attached hydrogens (tertiary/aromatic N) is 1. The number of aromatic nitrogens is 1. The van der Waals surface area contributed by atoms with Crippen molar-refractivity contribution in [2.24, 2.45) is 5.73 Å². The first kappa shape index (κ1) is 11.2. The van der Waals surface area contributed by atoms with E-state index in [1.165, 1.54) is 0 Å². The lowest BCUT2D eigenvalue weighted by Gasteiger charge is -2.07. The van der Waals surface area contributed by atoms with Gasteiger partial charge in [-0.1, -0.05) is 12.2 Å². The van der Waals surface area contributed by atoms with Gasteiger partial charge in [-0.3, -0.25) is 0 Å². The van der Waals surface area contributed by atoms with Gasteiger partial charge in [0.15, 0.2) is 0 Å². The third kappa shape index (κ3) is 3.12. The van der Waals surface area contributed by atoms with Crippen LogP contribution < -0.4 is 10.5 Å². The van der Waals surface area contributed by atoms with E-state index in [9.17, 15) is 0 Å². The largest absolute Gasteiger partial charge is 0.473 e. The van der Waals surface area contributed by atoms with Gasteiger partial charge in [0.05, 0.1) is 0 Å². The van der Waals surface area contributed by atoms with Gasteiger partial charge in [0, 0.05) is 22.8 Å². The average molecular weight is 257 g/mol. The van der Waals surface area contributed by atoms with Crippen LogP contribution in [-0.4, -0.2) is 11.6 Å². The van der Waals surface area contributed by atoms with Gasteiger partial charge in [-0.15, -0.1) is 0 Å². The standard InChI is InChI=1S/C10H13BrN2O/c1-2-3-4-14-10-8(6-12)5-9(11)7-13-10/h2-3,5,7H,4,6,12H2,1H3. The van der Waals surface area contributed by atoms with Gasteiger partial charge in [-0.05, 0) is 28.9 Å². The first-order chi connectivity index (χ1) is 6.77. The minimum absolute atomic E-state index is 0.428. The smallest absolute Gasteiger partial charge is 0.218 e. The summed E-state index contributed by atoms with van der Waals surface area (Å²) in [6.45, 7) is 2.90. The molecule has 0 aliphatic heterocycles. The summed E-state index contributed by atoms with van der Waals surface area (Å²) in [7, 11) is 0. The average Bonchev–Trinajstić information content (AvgIpc) is 2.20. The van der Waals surface area contributed by atoms with Gasteiger partial charge in [-0.2, -0.15) is 0 Å². The highest BCUT2D eigenvalue weighted by Gasteiger charge is 2.03. The topological polar surface area (TPSA) is 48.1 Å². The van der Waals surface area contributed by atoms with Crippen LogP contribution in [0.5, 0.6) is 5.88 Å². The molecule has 1 rings (SSSR count). The summed E-state index contributed by atoms with van der Waals surface area (Å²) in [4.78, 5) is 4.14. The van der Waals surface area contributed by atoms with Crippen LogP contribution in [0, 0.1) is 0 Å². The Kier molecular flexibility index (Phi) is 4.62. The zero-order valence-electron chi connectivity index (χ0n) is 8.03. The highest BCUT2D eigenvalue weighted by Crippen LogP contribution is 2.19. The minimum atomic E-state index is 0.428. The molecule has 14 heavy (non-hydrogen) atoms. The molecular weight excluding hydrogens is 244 g/mol. The maximum atomic E-state index is 5.56. The molecule has 0 spiro atoms. The molecule has 1 aromatic heterocycles. The number of hydrogen-bond acceptors (Lipinski definition) is 3. The van der Waals surface area contributed by atoms with Gasteiger partial charge in [0.2, 0.25) is 5.88 Å². The summed E-state index contributed by atoms with van der Waals surface area (Å²) in [5.41, 5.74) is 6.47. The number of ether oxygens (including phenoxy) is 1. The van der Waals surface area contributed by atoms with Crippen LogP contribution in [0.3, 0.4) is 0 Å². The molecule has 0 bridgehead atoms. The van der Waals surface area contributed by atoms with E-state index < -0.39 is 0 Å². The molecule has 0 aliphatic carbocycles. The fourth-order valence-corrected chi connectivity index (χ4v) is 1.35. The van der Waals surface area contributed by atoms with Crippen molar-refractivity contribution >= 4 is 15.9 Å². The van der Waals surface area contributed by atoms with Crippen molar-refractivity contribution in [1.82, 2.24) is 4.98 Å². The van der Waals surface area contributed by atoms with Crippen LogP contribution in [0.4, 0.5) is 0 Å². The van der Waals surface area contributed by atoms with E-state index >= 15 is 0 Å². The molecule has 1 heterocycles. The van der Waals surface area contributed by atoms with Crippen LogP contribution in [0.25, 0.3) is 0 Å². The Labute approximate surface area is 92.1 Å². The number of pyridine rings is 1. The number of hydrogen-bond donors (Lipinski definition) is 1. The fourth-order valence-electron chi connectivity index (χ4n) is 0.968. The zero-order chi connectivity index (χ0) is 10.4. The normalized spacial score (nSPS) is 10.8. The minimum Gasteiger partial charge on any atom is -0.473 e. The van der Waals surface area contributed by atoms with E-state index in [4.69, 9.17) is 10.5 Å². The number of allylic oxidation sites excluding steroid dienone is 1. The number of rotatable bonds is 4. The second-order valence-corrected chi connectivity index (χ2v) is 3.62. The molecule has 0 radical (unpaired) electrons. The highest BCUT2D eigenvalue weighted by atomic mass is 79.9. The van der Waals surface area contributed by atoms with Gasteiger partial charge in [0.1, 0.15) is 6.61 Å². The summed E-state index contributed by atoms with van der Waals surface area (Å²) in [6.07, 6.45) is 5.55. The second kappa shape index (κ2) is 5.78.